The molecule has 0 saturated heterocycles. The molecule has 2 rings (SSSR count). The number of ketones is 1. The molecular weight excluding hydrogens is 226 g/mol. The van der Waals surface area contributed by atoms with Crippen LogP contribution < -0.4 is 4.90 Å². The Kier molecular flexibility index (Phi) is 3.67. The number of Topliss-reactive ketones (excluding diaryl/α,β-unsaturated/α-hetero) is 1. The first-order valence-electron chi connectivity index (χ1n) is 5.75. The summed E-state index contributed by atoms with van der Waals surface area (Å²) in [4.78, 5) is 22.0. The van der Waals surface area contributed by atoms with E-state index in [-0.39, 0.29) is 5.78 Å². The molecule has 4 heteroatoms. The van der Waals surface area contributed by atoms with Crippen LogP contribution in [0.3, 0.4) is 0 Å². The van der Waals surface area contributed by atoms with Crippen molar-refractivity contribution in [1.82, 2.24) is 9.97 Å². The van der Waals surface area contributed by atoms with Crippen LogP contribution in [0, 0.1) is 0 Å². The van der Waals surface area contributed by atoms with Crippen molar-refractivity contribution in [1.29, 1.82) is 0 Å². The van der Waals surface area contributed by atoms with Gasteiger partial charge in [0, 0.05) is 19.4 Å². The predicted octanol–water partition coefficient (Wildman–Crippen LogP) is 2.32. The quantitative estimate of drug-likeness (QED) is 0.771. The second-order valence-corrected chi connectivity index (χ2v) is 4.11. The van der Waals surface area contributed by atoms with E-state index in [1.807, 2.05) is 30.1 Å². The van der Waals surface area contributed by atoms with Crippen LogP contribution in [-0.4, -0.2) is 22.8 Å². The number of anilines is 1. The summed E-state index contributed by atoms with van der Waals surface area (Å²) in [5, 5.41) is 0. The molecule has 0 aromatic carbocycles. The highest BCUT2D eigenvalue weighted by molar-refractivity contribution is 5.98. The molecule has 2 heterocycles. The zero-order valence-corrected chi connectivity index (χ0v) is 10.5. The van der Waals surface area contributed by atoms with E-state index in [4.69, 9.17) is 0 Å². The van der Waals surface area contributed by atoms with Crippen molar-refractivity contribution in [3.05, 3.63) is 54.0 Å². The van der Waals surface area contributed by atoms with Crippen molar-refractivity contribution >= 4 is 11.6 Å². The van der Waals surface area contributed by atoms with Gasteiger partial charge in [0.2, 0.25) is 0 Å². The van der Waals surface area contributed by atoms with Crippen molar-refractivity contribution in [2.75, 3.05) is 11.9 Å². The minimum absolute atomic E-state index is 0.0194. The van der Waals surface area contributed by atoms with Crippen LogP contribution >= 0.6 is 0 Å². The summed E-state index contributed by atoms with van der Waals surface area (Å²) in [6.07, 6.45) is 3.45. The summed E-state index contributed by atoms with van der Waals surface area (Å²) in [6.45, 7) is 2.17. The van der Waals surface area contributed by atoms with Gasteiger partial charge in [0.15, 0.2) is 5.78 Å². The van der Waals surface area contributed by atoms with E-state index in [1.165, 1.54) is 0 Å². The molecule has 0 atom stereocenters. The van der Waals surface area contributed by atoms with E-state index >= 15 is 0 Å². The summed E-state index contributed by atoms with van der Waals surface area (Å²) in [5.74, 6) is 0.710. The first kappa shape index (κ1) is 12.2. The normalized spacial score (nSPS) is 10.1. The van der Waals surface area contributed by atoms with Crippen LogP contribution in [-0.2, 0) is 6.54 Å². The van der Waals surface area contributed by atoms with Gasteiger partial charge in [0.05, 0.1) is 17.8 Å². The van der Waals surface area contributed by atoms with Gasteiger partial charge in [-0.15, -0.1) is 0 Å². The fourth-order valence-electron chi connectivity index (χ4n) is 1.79. The van der Waals surface area contributed by atoms with Gasteiger partial charge in [-0.1, -0.05) is 6.07 Å². The molecule has 0 amide bonds. The Bertz CT molecular complexity index is 540. The zero-order chi connectivity index (χ0) is 13.0. The van der Waals surface area contributed by atoms with Crippen LogP contribution in [0.1, 0.15) is 23.0 Å². The molecule has 4 nitrogen and oxygen atoms in total. The van der Waals surface area contributed by atoms with Crippen LogP contribution in [0.5, 0.6) is 0 Å². The maximum absolute atomic E-state index is 11.5. The van der Waals surface area contributed by atoms with Gasteiger partial charge in [0.1, 0.15) is 5.82 Å². The van der Waals surface area contributed by atoms with Crippen LogP contribution in [0.25, 0.3) is 0 Å². The van der Waals surface area contributed by atoms with Gasteiger partial charge in [-0.25, -0.2) is 4.98 Å². The van der Waals surface area contributed by atoms with Crippen molar-refractivity contribution in [2.45, 2.75) is 13.5 Å². The topological polar surface area (TPSA) is 46.1 Å². The van der Waals surface area contributed by atoms with Gasteiger partial charge in [-0.2, -0.15) is 0 Å². The number of nitrogens with zero attached hydrogens (tertiary/aromatic N) is 3. The molecule has 0 aliphatic carbocycles. The zero-order valence-electron chi connectivity index (χ0n) is 10.5. The largest absolute Gasteiger partial charge is 0.353 e. The molecule has 0 spiro atoms. The van der Waals surface area contributed by atoms with E-state index in [0.29, 0.717) is 17.9 Å². The minimum atomic E-state index is 0.0194. The third-order valence-corrected chi connectivity index (χ3v) is 2.65. The lowest BCUT2D eigenvalue weighted by molar-refractivity contribution is 0.101. The molecule has 18 heavy (non-hydrogen) atoms. The van der Waals surface area contributed by atoms with E-state index in [1.54, 1.807) is 31.5 Å². The molecule has 2 aromatic heterocycles. The number of aromatic nitrogens is 2. The summed E-state index contributed by atoms with van der Waals surface area (Å²) >= 11 is 0. The highest BCUT2D eigenvalue weighted by Gasteiger charge is 2.12. The van der Waals surface area contributed by atoms with E-state index in [0.717, 1.165) is 5.69 Å². The lowest BCUT2D eigenvalue weighted by Gasteiger charge is -2.19. The smallest absolute Gasteiger partial charge is 0.163 e. The number of hydrogen-bond acceptors (Lipinski definition) is 4. The lowest BCUT2D eigenvalue weighted by Crippen LogP contribution is -2.20. The summed E-state index contributed by atoms with van der Waals surface area (Å²) in [5.41, 5.74) is 1.58. The number of rotatable bonds is 4. The predicted molar refractivity (Wildman–Crippen MR) is 70.6 cm³/mol. The number of pyridine rings is 2. The first-order valence-corrected chi connectivity index (χ1v) is 5.75. The molecule has 2 aromatic rings. The third-order valence-electron chi connectivity index (χ3n) is 2.65. The van der Waals surface area contributed by atoms with Crippen LogP contribution in [0.4, 0.5) is 5.82 Å². The van der Waals surface area contributed by atoms with E-state index < -0.39 is 0 Å². The van der Waals surface area contributed by atoms with Crippen molar-refractivity contribution < 1.29 is 4.79 Å². The molecule has 0 radical (unpaired) electrons. The highest BCUT2D eigenvalue weighted by atomic mass is 16.1. The molecule has 0 aliphatic heterocycles. The van der Waals surface area contributed by atoms with Gasteiger partial charge >= 0.3 is 0 Å². The van der Waals surface area contributed by atoms with Crippen molar-refractivity contribution in [3.8, 4) is 0 Å². The molecule has 92 valence electrons. The lowest BCUT2D eigenvalue weighted by atomic mass is 10.2. The highest BCUT2D eigenvalue weighted by Crippen LogP contribution is 2.17. The number of carbonyl (C=O) groups excluding carboxylic acids is 1. The van der Waals surface area contributed by atoms with Crippen LogP contribution in [0.2, 0.25) is 0 Å². The summed E-state index contributed by atoms with van der Waals surface area (Å²) in [6, 6.07) is 9.34. The first-order chi connectivity index (χ1) is 8.68. The van der Waals surface area contributed by atoms with Gasteiger partial charge < -0.3 is 4.90 Å². The molecule has 0 aliphatic rings. The molecule has 0 saturated carbocycles. The van der Waals surface area contributed by atoms with Gasteiger partial charge in [0.25, 0.3) is 0 Å². The molecule has 0 N–H and O–H groups in total. The maximum Gasteiger partial charge on any atom is 0.163 e. The van der Waals surface area contributed by atoms with Crippen molar-refractivity contribution in [2.24, 2.45) is 0 Å². The molecular formula is C14H15N3O. The SMILES string of the molecule is CC(=O)c1cccnc1N(C)Cc1ccccn1. The summed E-state index contributed by atoms with van der Waals surface area (Å²) < 4.78 is 0. The monoisotopic (exact) mass is 241 g/mol. The van der Waals surface area contributed by atoms with Gasteiger partial charge in [-0.3, -0.25) is 9.78 Å². The Hall–Kier alpha value is -2.23. The Labute approximate surface area is 106 Å². The Morgan fingerprint density at radius 1 is 1.17 bits per heavy atom. The second kappa shape index (κ2) is 5.40. The minimum Gasteiger partial charge on any atom is -0.353 e. The standard InChI is InChI=1S/C14H15N3O/c1-11(18)13-7-5-9-16-14(13)17(2)10-12-6-3-4-8-15-12/h3-9H,10H2,1-2H3. The fraction of sp³-hybridized carbons (Fsp3) is 0.214. The number of hydrogen-bond donors (Lipinski definition) is 0. The van der Waals surface area contributed by atoms with E-state index in [2.05, 4.69) is 9.97 Å². The number of carbonyl (C=O) groups is 1. The average molecular weight is 241 g/mol. The molecule has 0 bridgehead atoms. The molecule has 0 fully saturated rings. The maximum atomic E-state index is 11.5. The van der Waals surface area contributed by atoms with Gasteiger partial charge in [-0.05, 0) is 31.2 Å². The molecule has 0 unspecified atom stereocenters. The van der Waals surface area contributed by atoms with E-state index in [9.17, 15) is 4.79 Å². The van der Waals surface area contributed by atoms with Crippen molar-refractivity contribution in [3.63, 3.8) is 0 Å². The Morgan fingerprint density at radius 2 is 1.94 bits per heavy atom. The third kappa shape index (κ3) is 2.71. The Balaban J connectivity index is 2.24. The summed E-state index contributed by atoms with van der Waals surface area (Å²) in [7, 11) is 1.91. The Morgan fingerprint density at radius 3 is 2.61 bits per heavy atom. The average Bonchev–Trinajstić information content (AvgIpc) is 2.40. The fourth-order valence-corrected chi connectivity index (χ4v) is 1.79. The second-order valence-electron chi connectivity index (χ2n) is 4.11. The van der Waals surface area contributed by atoms with Crippen LogP contribution in [0.15, 0.2) is 42.7 Å².